The lowest BCUT2D eigenvalue weighted by atomic mass is 9.87. The van der Waals surface area contributed by atoms with Crippen LogP contribution in [0.25, 0.3) is 0 Å². The van der Waals surface area contributed by atoms with E-state index < -0.39 is 17.9 Å². The molecular weight excluding hydrogens is 312 g/mol. The Balaban J connectivity index is 1.68. The molecule has 0 bridgehead atoms. The molecule has 7 heteroatoms. The van der Waals surface area contributed by atoms with Gasteiger partial charge in [0.05, 0.1) is 6.26 Å². The first-order chi connectivity index (χ1) is 11.5. The minimum Gasteiger partial charge on any atom is -0.459 e. The molecule has 1 aromatic rings. The fraction of sp³-hybridized carbons (Fsp3) is 0.588. The van der Waals surface area contributed by atoms with Gasteiger partial charge in [0.25, 0.3) is 11.8 Å². The van der Waals surface area contributed by atoms with Gasteiger partial charge in [-0.15, -0.1) is 0 Å². The smallest absolute Gasteiger partial charge is 0.328 e. The standard InChI is InChI=1S/C17H24N2O5/c1-11-5-7-13(8-6-11)19-15(20)10-24-17(22)12(2)18-16(21)14-4-3-9-23-14/h3-4,9,11-13H,5-8,10H2,1-2H3,(H,18,21)(H,19,20)/t11?,12-,13?/m1/s1. The minimum absolute atomic E-state index is 0.110. The largest absolute Gasteiger partial charge is 0.459 e. The lowest BCUT2D eigenvalue weighted by molar-refractivity contribution is -0.150. The first kappa shape index (κ1) is 18.0. The summed E-state index contributed by atoms with van der Waals surface area (Å²) < 4.78 is 9.89. The lowest BCUT2D eigenvalue weighted by Gasteiger charge is -2.26. The van der Waals surface area contributed by atoms with Gasteiger partial charge in [0.1, 0.15) is 6.04 Å². The van der Waals surface area contributed by atoms with Crippen molar-refractivity contribution in [3.63, 3.8) is 0 Å². The maximum Gasteiger partial charge on any atom is 0.328 e. The normalized spacial score (nSPS) is 21.6. The molecule has 1 fully saturated rings. The third kappa shape index (κ3) is 5.40. The van der Waals surface area contributed by atoms with E-state index in [9.17, 15) is 14.4 Å². The second kappa shape index (κ2) is 8.52. The second-order valence-corrected chi connectivity index (χ2v) is 6.30. The Bertz CT molecular complexity index is 562. The summed E-state index contributed by atoms with van der Waals surface area (Å²) in [5.74, 6) is -0.673. The van der Waals surface area contributed by atoms with Crippen molar-refractivity contribution in [3.05, 3.63) is 24.2 Å². The van der Waals surface area contributed by atoms with Crippen molar-refractivity contribution in [2.45, 2.75) is 51.6 Å². The van der Waals surface area contributed by atoms with Crippen LogP contribution in [0.15, 0.2) is 22.8 Å². The summed E-state index contributed by atoms with van der Waals surface area (Å²) in [6, 6.07) is 2.36. The zero-order chi connectivity index (χ0) is 17.5. The van der Waals surface area contributed by atoms with Gasteiger partial charge in [-0.2, -0.15) is 0 Å². The van der Waals surface area contributed by atoms with Crippen molar-refractivity contribution >= 4 is 17.8 Å². The highest BCUT2D eigenvalue weighted by Crippen LogP contribution is 2.23. The zero-order valence-electron chi connectivity index (χ0n) is 14.0. The predicted molar refractivity (Wildman–Crippen MR) is 86.2 cm³/mol. The van der Waals surface area contributed by atoms with Crippen molar-refractivity contribution in [1.29, 1.82) is 0 Å². The van der Waals surface area contributed by atoms with Gasteiger partial charge in [-0.25, -0.2) is 4.79 Å². The van der Waals surface area contributed by atoms with Gasteiger partial charge in [-0.1, -0.05) is 6.92 Å². The van der Waals surface area contributed by atoms with Gasteiger partial charge in [0, 0.05) is 6.04 Å². The molecule has 132 valence electrons. The number of furan rings is 1. The van der Waals surface area contributed by atoms with Crippen LogP contribution >= 0.6 is 0 Å². The third-order valence-corrected chi connectivity index (χ3v) is 4.17. The molecule has 2 rings (SSSR count). The molecule has 0 aliphatic heterocycles. The molecule has 0 saturated heterocycles. The molecule has 24 heavy (non-hydrogen) atoms. The Morgan fingerprint density at radius 1 is 1.29 bits per heavy atom. The van der Waals surface area contributed by atoms with Gasteiger partial charge in [0.15, 0.2) is 12.4 Å². The average Bonchev–Trinajstić information content (AvgIpc) is 3.09. The molecule has 0 unspecified atom stereocenters. The first-order valence-electron chi connectivity index (χ1n) is 8.26. The molecule has 1 aromatic heterocycles. The average molecular weight is 336 g/mol. The fourth-order valence-corrected chi connectivity index (χ4v) is 2.67. The number of hydrogen-bond acceptors (Lipinski definition) is 5. The van der Waals surface area contributed by atoms with Crippen molar-refractivity contribution in [1.82, 2.24) is 10.6 Å². The zero-order valence-corrected chi connectivity index (χ0v) is 14.0. The van der Waals surface area contributed by atoms with Crippen LogP contribution in [0.3, 0.4) is 0 Å². The van der Waals surface area contributed by atoms with Crippen LogP contribution in [0.2, 0.25) is 0 Å². The van der Waals surface area contributed by atoms with E-state index in [2.05, 4.69) is 17.6 Å². The van der Waals surface area contributed by atoms with E-state index in [1.165, 1.54) is 19.3 Å². The highest BCUT2D eigenvalue weighted by Gasteiger charge is 2.22. The highest BCUT2D eigenvalue weighted by molar-refractivity contribution is 5.94. The number of nitrogens with one attached hydrogen (secondary N) is 2. The van der Waals surface area contributed by atoms with Crippen LogP contribution in [0.1, 0.15) is 50.1 Å². The summed E-state index contributed by atoms with van der Waals surface area (Å²) in [7, 11) is 0. The molecule has 1 aliphatic carbocycles. The fourth-order valence-electron chi connectivity index (χ4n) is 2.67. The summed E-state index contributed by atoms with van der Waals surface area (Å²) in [5.41, 5.74) is 0. The molecule has 1 aliphatic rings. The maximum absolute atomic E-state index is 11.8. The van der Waals surface area contributed by atoms with E-state index in [-0.39, 0.29) is 24.3 Å². The lowest BCUT2D eigenvalue weighted by Crippen LogP contribution is -2.43. The molecule has 0 aromatic carbocycles. The number of ether oxygens (including phenoxy) is 1. The molecule has 2 amide bonds. The van der Waals surface area contributed by atoms with E-state index in [0.29, 0.717) is 5.92 Å². The van der Waals surface area contributed by atoms with E-state index >= 15 is 0 Å². The van der Waals surface area contributed by atoms with Crippen LogP contribution in [0.4, 0.5) is 0 Å². The molecule has 1 saturated carbocycles. The number of carbonyl (C=O) groups excluding carboxylic acids is 3. The molecule has 1 heterocycles. The molecule has 0 radical (unpaired) electrons. The van der Waals surface area contributed by atoms with Gasteiger partial charge in [-0.05, 0) is 50.7 Å². The summed E-state index contributed by atoms with van der Waals surface area (Å²) >= 11 is 0. The summed E-state index contributed by atoms with van der Waals surface area (Å²) in [4.78, 5) is 35.4. The topological polar surface area (TPSA) is 97.6 Å². The summed E-state index contributed by atoms with van der Waals surface area (Å²) in [6.45, 7) is 3.35. The molecule has 1 atom stereocenters. The van der Waals surface area contributed by atoms with E-state index in [1.54, 1.807) is 6.07 Å². The highest BCUT2D eigenvalue weighted by atomic mass is 16.5. The number of amides is 2. The number of hydrogen-bond donors (Lipinski definition) is 2. The van der Waals surface area contributed by atoms with E-state index in [0.717, 1.165) is 25.7 Å². The van der Waals surface area contributed by atoms with Crippen molar-refractivity contribution < 1.29 is 23.5 Å². The van der Waals surface area contributed by atoms with Crippen LogP contribution < -0.4 is 10.6 Å². The Hall–Kier alpha value is -2.31. The Labute approximate surface area is 141 Å². The van der Waals surface area contributed by atoms with Gasteiger partial charge < -0.3 is 19.8 Å². The van der Waals surface area contributed by atoms with Crippen LogP contribution in [0.5, 0.6) is 0 Å². The van der Waals surface area contributed by atoms with E-state index in [1.807, 2.05) is 0 Å². The summed E-state index contributed by atoms with van der Waals surface area (Å²) in [5, 5.41) is 5.33. The number of rotatable bonds is 6. The van der Waals surface area contributed by atoms with Gasteiger partial charge >= 0.3 is 5.97 Å². The van der Waals surface area contributed by atoms with Crippen LogP contribution in [-0.2, 0) is 14.3 Å². The number of esters is 1. The van der Waals surface area contributed by atoms with Crippen LogP contribution in [-0.4, -0.2) is 36.5 Å². The molecule has 0 spiro atoms. The van der Waals surface area contributed by atoms with Gasteiger partial charge in [-0.3, -0.25) is 9.59 Å². The van der Waals surface area contributed by atoms with Crippen molar-refractivity contribution in [3.8, 4) is 0 Å². The molecule has 7 nitrogen and oxygen atoms in total. The second-order valence-electron chi connectivity index (χ2n) is 6.30. The van der Waals surface area contributed by atoms with Crippen molar-refractivity contribution in [2.75, 3.05) is 6.61 Å². The van der Waals surface area contributed by atoms with E-state index in [4.69, 9.17) is 9.15 Å². The Kier molecular flexibility index (Phi) is 6.40. The number of carbonyl (C=O) groups is 3. The first-order valence-corrected chi connectivity index (χ1v) is 8.26. The maximum atomic E-state index is 11.8. The van der Waals surface area contributed by atoms with Crippen LogP contribution in [0, 0.1) is 5.92 Å². The summed E-state index contributed by atoms with van der Waals surface area (Å²) in [6.07, 6.45) is 5.47. The van der Waals surface area contributed by atoms with Crippen molar-refractivity contribution in [2.24, 2.45) is 5.92 Å². The molecule has 2 N–H and O–H groups in total. The Morgan fingerprint density at radius 2 is 2.00 bits per heavy atom. The monoisotopic (exact) mass is 336 g/mol. The quantitative estimate of drug-likeness (QED) is 0.770. The Morgan fingerprint density at radius 3 is 2.62 bits per heavy atom. The van der Waals surface area contributed by atoms with Gasteiger partial charge in [0.2, 0.25) is 0 Å². The SMILES string of the molecule is CC1CCC(NC(=O)COC(=O)[C@@H](C)NC(=O)c2ccco2)CC1. The predicted octanol–water partition coefficient (Wildman–Crippen LogP) is 1.64. The molecular formula is C17H24N2O5. The minimum atomic E-state index is -0.870. The third-order valence-electron chi connectivity index (χ3n) is 4.17.